The standard InChI is InChI=1S/C21H29N3O2/c1-14(16-4-5-17-13-22-23(3)19(17)10-16)15-6-8-24(9-7-15)20(25)18-11-21(2,26)12-18/h4-5,10,13-15,18,26H,6-9,11-12H2,1-3H3/t14-,18?,21?/m1/s1. The predicted octanol–water partition coefficient (Wildman–Crippen LogP) is 3.08. The normalized spacial score (nSPS) is 28.2. The fourth-order valence-corrected chi connectivity index (χ4v) is 4.77. The van der Waals surface area contributed by atoms with E-state index in [2.05, 4.69) is 30.2 Å². The van der Waals surface area contributed by atoms with Gasteiger partial charge >= 0.3 is 0 Å². The minimum absolute atomic E-state index is 0.0335. The molecule has 4 rings (SSSR count). The first-order valence-corrected chi connectivity index (χ1v) is 9.77. The molecule has 0 unspecified atom stereocenters. The summed E-state index contributed by atoms with van der Waals surface area (Å²) in [4.78, 5) is 14.6. The zero-order valence-corrected chi connectivity index (χ0v) is 16.0. The maximum Gasteiger partial charge on any atom is 0.225 e. The summed E-state index contributed by atoms with van der Waals surface area (Å²) in [5, 5.41) is 15.4. The molecule has 140 valence electrons. The molecular formula is C21H29N3O2. The zero-order valence-electron chi connectivity index (χ0n) is 16.0. The minimum atomic E-state index is -0.627. The summed E-state index contributed by atoms with van der Waals surface area (Å²) in [5.41, 5.74) is 1.91. The van der Waals surface area contributed by atoms with Crippen molar-refractivity contribution in [3.05, 3.63) is 30.0 Å². The number of aliphatic hydroxyl groups is 1. The summed E-state index contributed by atoms with van der Waals surface area (Å²) in [6, 6.07) is 6.65. The van der Waals surface area contributed by atoms with Gasteiger partial charge in [0.1, 0.15) is 0 Å². The van der Waals surface area contributed by atoms with E-state index in [1.54, 1.807) is 0 Å². The first kappa shape index (κ1) is 17.5. The number of benzene rings is 1. The SMILES string of the molecule is C[C@@H](c1ccc2cnn(C)c2c1)C1CCN(C(=O)C2CC(C)(O)C2)CC1. The monoisotopic (exact) mass is 355 g/mol. The Morgan fingerprint density at radius 1 is 1.31 bits per heavy atom. The first-order chi connectivity index (χ1) is 12.3. The van der Waals surface area contributed by atoms with Gasteiger partial charge in [0, 0.05) is 31.4 Å². The van der Waals surface area contributed by atoms with E-state index < -0.39 is 5.60 Å². The molecule has 5 heteroatoms. The van der Waals surface area contributed by atoms with Gasteiger partial charge in [-0.05, 0) is 56.1 Å². The number of rotatable bonds is 3. The Bertz CT molecular complexity index is 810. The van der Waals surface area contributed by atoms with Gasteiger partial charge < -0.3 is 10.0 Å². The fourth-order valence-electron chi connectivity index (χ4n) is 4.77. The van der Waals surface area contributed by atoms with E-state index in [-0.39, 0.29) is 11.8 Å². The van der Waals surface area contributed by atoms with E-state index in [0.717, 1.165) is 25.9 Å². The Balaban J connectivity index is 1.37. The second-order valence-electron chi connectivity index (χ2n) is 8.64. The number of aromatic nitrogens is 2. The number of piperidine rings is 1. The molecule has 1 N–H and O–H groups in total. The van der Waals surface area contributed by atoms with Crippen molar-refractivity contribution in [2.75, 3.05) is 13.1 Å². The van der Waals surface area contributed by atoms with Crippen molar-refractivity contribution in [3.8, 4) is 0 Å². The van der Waals surface area contributed by atoms with E-state index in [1.807, 2.05) is 29.7 Å². The van der Waals surface area contributed by atoms with Crippen LogP contribution in [0.2, 0.25) is 0 Å². The van der Waals surface area contributed by atoms with E-state index >= 15 is 0 Å². The molecule has 1 saturated carbocycles. The number of carbonyl (C=O) groups is 1. The highest BCUT2D eigenvalue weighted by molar-refractivity contribution is 5.80. The lowest BCUT2D eigenvalue weighted by Crippen LogP contribution is -2.51. The van der Waals surface area contributed by atoms with Crippen LogP contribution in [0.25, 0.3) is 10.9 Å². The number of fused-ring (bicyclic) bond motifs is 1. The molecular weight excluding hydrogens is 326 g/mol. The average molecular weight is 355 g/mol. The van der Waals surface area contributed by atoms with Crippen molar-refractivity contribution in [2.24, 2.45) is 18.9 Å². The topological polar surface area (TPSA) is 58.4 Å². The Morgan fingerprint density at radius 3 is 2.65 bits per heavy atom. The summed E-state index contributed by atoms with van der Waals surface area (Å²) in [6.45, 7) is 5.83. The van der Waals surface area contributed by atoms with Crippen LogP contribution in [0.4, 0.5) is 0 Å². The maximum absolute atomic E-state index is 12.6. The van der Waals surface area contributed by atoms with E-state index in [0.29, 0.717) is 24.7 Å². The number of hydrogen-bond donors (Lipinski definition) is 1. The van der Waals surface area contributed by atoms with Gasteiger partial charge in [0.2, 0.25) is 5.91 Å². The smallest absolute Gasteiger partial charge is 0.225 e. The molecule has 0 bridgehead atoms. The number of carbonyl (C=O) groups excluding carboxylic acids is 1. The molecule has 2 fully saturated rings. The number of nitrogens with zero attached hydrogens (tertiary/aromatic N) is 3. The van der Waals surface area contributed by atoms with E-state index in [4.69, 9.17) is 0 Å². The van der Waals surface area contributed by atoms with Gasteiger partial charge in [0.25, 0.3) is 0 Å². The Hall–Kier alpha value is -1.88. The fraction of sp³-hybridized carbons (Fsp3) is 0.619. The van der Waals surface area contributed by atoms with Crippen LogP contribution in [0.15, 0.2) is 24.4 Å². The number of hydrogen-bond acceptors (Lipinski definition) is 3. The first-order valence-electron chi connectivity index (χ1n) is 9.77. The van der Waals surface area contributed by atoms with Crippen LogP contribution in [0.5, 0.6) is 0 Å². The van der Waals surface area contributed by atoms with Gasteiger partial charge in [-0.1, -0.05) is 19.1 Å². The van der Waals surface area contributed by atoms with Gasteiger partial charge in [0.15, 0.2) is 0 Å². The summed E-state index contributed by atoms with van der Waals surface area (Å²) in [5.74, 6) is 1.37. The number of aryl methyl sites for hydroxylation is 1. The lowest BCUT2D eigenvalue weighted by Gasteiger charge is -2.44. The van der Waals surface area contributed by atoms with Crippen LogP contribution in [0, 0.1) is 11.8 Å². The van der Waals surface area contributed by atoms with Crippen LogP contribution in [0.3, 0.4) is 0 Å². The minimum Gasteiger partial charge on any atom is -0.390 e. The maximum atomic E-state index is 12.6. The number of amides is 1. The zero-order chi connectivity index (χ0) is 18.5. The second kappa shape index (κ2) is 6.38. The van der Waals surface area contributed by atoms with Crippen molar-refractivity contribution in [3.63, 3.8) is 0 Å². The molecule has 1 amide bonds. The van der Waals surface area contributed by atoms with Gasteiger partial charge in [-0.25, -0.2) is 0 Å². The average Bonchev–Trinajstić information content (AvgIpc) is 2.99. The molecule has 1 aliphatic carbocycles. The molecule has 0 radical (unpaired) electrons. The predicted molar refractivity (Wildman–Crippen MR) is 102 cm³/mol. The highest BCUT2D eigenvalue weighted by Gasteiger charge is 2.44. The summed E-state index contributed by atoms with van der Waals surface area (Å²) in [6.07, 6.45) is 5.25. The molecule has 1 aliphatic heterocycles. The Kier molecular flexibility index (Phi) is 4.30. The van der Waals surface area contributed by atoms with Crippen molar-refractivity contribution in [2.45, 2.75) is 51.0 Å². The van der Waals surface area contributed by atoms with Crippen molar-refractivity contribution < 1.29 is 9.90 Å². The summed E-state index contributed by atoms with van der Waals surface area (Å²) < 4.78 is 1.93. The van der Waals surface area contributed by atoms with Crippen LogP contribution in [0.1, 0.15) is 51.0 Å². The molecule has 5 nitrogen and oxygen atoms in total. The van der Waals surface area contributed by atoms with Gasteiger partial charge in [-0.2, -0.15) is 5.10 Å². The third kappa shape index (κ3) is 3.13. The largest absolute Gasteiger partial charge is 0.390 e. The molecule has 0 spiro atoms. The Labute approximate surface area is 155 Å². The van der Waals surface area contributed by atoms with Crippen LogP contribution < -0.4 is 0 Å². The second-order valence-corrected chi connectivity index (χ2v) is 8.64. The molecule has 1 atom stereocenters. The highest BCUT2D eigenvalue weighted by atomic mass is 16.3. The summed E-state index contributed by atoms with van der Waals surface area (Å²) in [7, 11) is 1.98. The molecule has 2 aliphatic rings. The molecule has 2 heterocycles. The van der Waals surface area contributed by atoms with Crippen molar-refractivity contribution >= 4 is 16.8 Å². The van der Waals surface area contributed by atoms with Crippen molar-refractivity contribution in [1.82, 2.24) is 14.7 Å². The lowest BCUT2D eigenvalue weighted by atomic mass is 9.71. The number of likely N-dealkylation sites (tertiary alicyclic amines) is 1. The van der Waals surface area contributed by atoms with Crippen molar-refractivity contribution in [1.29, 1.82) is 0 Å². The third-order valence-electron chi connectivity index (χ3n) is 6.58. The highest BCUT2D eigenvalue weighted by Crippen LogP contribution is 2.40. The summed E-state index contributed by atoms with van der Waals surface area (Å²) >= 11 is 0. The van der Waals surface area contributed by atoms with Crippen LogP contribution >= 0.6 is 0 Å². The molecule has 1 aromatic carbocycles. The Morgan fingerprint density at radius 2 is 2.00 bits per heavy atom. The van der Waals surface area contributed by atoms with Gasteiger partial charge in [-0.15, -0.1) is 0 Å². The molecule has 2 aromatic rings. The van der Waals surface area contributed by atoms with Gasteiger partial charge in [-0.3, -0.25) is 9.48 Å². The molecule has 1 saturated heterocycles. The molecule has 26 heavy (non-hydrogen) atoms. The van der Waals surface area contributed by atoms with Gasteiger partial charge in [0.05, 0.1) is 17.3 Å². The lowest BCUT2D eigenvalue weighted by molar-refractivity contribution is -0.151. The van der Waals surface area contributed by atoms with E-state index in [9.17, 15) is 9.90 Å². The quantitative estimate of drug-likeness (QED) is 0.920. The van der Waals surface area contributed by atoms with E-state index in [1.165, 1.54) is 16.5 Å². The van der Waals surface area contributed by atoms with Crippen LogP contribution in [-0.2, 0) is 11.8 Å². The van der Waals surface area contributed by atoms with Crippen LogP contribution in [-0.4, -0.2) is 44.4 Å². The third-order valence-corrected chi connectivity index (χ3v) is 6.58. The molecule has 1 aromatic heterocycles.